The first-order valence-electron chi connectivity index (χ1n) is 7.90. The van der Waals surface area contributed by atoms with Crippen LogP contribution in [0.1, 0.15) is 13.8 Å². The van der Waals surface area contributed by atoms with Crippen LogP contribution in [0, 0.1) is 0 Å². The maximum Gasteiger partial charge on any atom is 0.350 e. The van der Waals surface area contributed by atoms with Gasteiger partial charge in [0.05, 0.1) is 12.8 Å². The van der Waals surface area contributed by atoms with Gasteiger partial charge in [-0.1, -0.05) is 24.3 Å². The summed E-state index contributed by atoms with van der Waals surface area (Å²) in [6.45, 7) is 3.70. The number of amides is 2. The lowest BCUT2D eigenvalue weighted by Gasteiger charge is -2.25. The van der Waals surface area contributed by atoms with Crippen molar-refractivity contribution >= 4 is 21.8 Å². The van der Waals surface area contributed by atoms with Gasteiger partial charge < -0.3 is 9.47 Å². The molecule has 27 heavy (non-hydrogen) atoms. The van der Waals surface area contributed by atoms with Crippen molar-refractivity contribution in [3.05, 3.63) is 48.4 Å². The molecule has 1 aliphatic rings. The standard InChI is InChI=1S/C16H21N5O5S/c1-4-5-10-26-13-8-6-7-9-14(13)27(23,24)20-16(22)19-21-17-12(2)11-15(18-21)25-3/h4-9,11,18H,10H2,1-3H3,(H2,19,20,22). The van der Waals surface area contributed by atoms with Gasteiger partial charge in [-0.3, -0.25) is 0 Å². The summed E-state index contributed by atoms with van der Waals surface area (Å²) in [5.74, 6) is 0.457. The molecule has 2 rings (SSSR count). The minimum Gasteiger partial charge on any atom is -0.488 e. The van der Waals surface area contributed by atoms with Crippen LogP contribution in [-0.4, -0.2) is 39.1 Å². The van der Waals surface area contributed by atoms with E-state index in [1.807, 2.05) is 11.6 Å². The molecule has 0 radical (unpaired) electrons. The quantitative estimate of drug-likeness (QED) is 0.594. The number of hydrazone groups is 1. The van der Waals surface area contributed by atoms with E-state index in [2.05, 4.69) is 16.0 Å². The van der Waals surface area contributed by atoms with Crippen LogP contribution in [0.5, 0.6) is 5.75 Å². The summed E-state index contributed by atoms with van der Waals surface area (Å²) < 4.78 is 37.4. The van der Waals surface area contributed by atoms with Crippen LogP contribution in [0.3, 0.4) is 0 Å². The zero-order valence-electron chi connectivity index (χ0n) is 15.1. The van der Waals surface area contributed by atoms with Gasteiger partial charge in [-0.15, -0.1) is 10.3 Å². The second-order valence-electron chi connectivity index (χ2n) is 5.25. The molecule has 0 fully saturated rings. The van der Waals surface area contributed by atoms with Crippen molar-refractivity contribution in [3.63, 3.8) is 0 Å². The predicted octanol–water partition coefficient (Wildman–Crippen LogP) is 1.23. The number of carbonyl (C=O) groups is 1. The molecule has 0 aliphatic carbocycles. The van der Waals surface area contributed by atoms with Crippen molar-refractivity contribution in [2.24, 2.45) is 5.10 Å². The summed E-state index contributed by atoms with van der Waals surface area (Å²) in [7, 11) is -2.74. The fraction of sp³-hybridized carbons (Fsp3) is 0.250. The Kier molecular flexibility index (Phi) is 6.66. The predicted molar refractivity (Wildman–Crippen MR) is 98.8 cm³/mol. The topological polar surface area (TPSA) is 121 Å². The van der Waals surface area contributed by atoms with E-state index in [0.717, 1.165) is 5.23 Å². The second-order valence-corrected chi connectivity index (χ2v) is 6.90. The molecule has 1 aromatic carbocycles. The average molecular weight is 395 g/mol. The largest absolute Gasteiger partial charge is 0.488 e. The average Bonchev–Trinajstić information content (AvgIpc) is 2.61. The highest BCUT2D eigenvalue weighted by molar-refractivity contribution is 7.90. The Bertz CT molecular complexity index is 879. The highest BCUT2D eigenvalue weighted by Gasteiger charge is 2.23. The summed E-state index contributed by atoms with van der Waals surface area (Å²) in [6, 6.07) is 5.00. The molecule has 0 saturated heterocycles. The summed E-state index contributed by atoms with van der Waals surface area (Å²) in [4.78, 5) is 12.0. The van der Waals surface area contributed by atoms with Crippen LogP contribution in [0.15, 0.2) is 58.4 Å². The highest BCUT2D eigenvalue weighted by Crippen LogP contribution is 2.23. The maximum atomic E-state index is 12.5. The molecule has 0 aromatic heterocycles. The Balaban J connectivity index is 2.08. The van der Waals surface area contributed by atoms with Crippen molar-refractivity contribution < 1.29 is 22.7 Å². The first-order chi connectivity index (χ1) is 12.9. The van der Waals surface area contributed by atoms with Crippen LogP contribution in [0.2, 0.25) is 0 Å². The Labute approximate surface area is 157 Å². The number of benzene rings is 1. The monoisotopic (exact) mass is 395 g/mol. The zero-order valence-corrected chi connectivity index (χ0v) is 15.9. The second kappa shape index (κ2) is 8.94. The molecule has 1 aliphatic heterocycles. The number of methoxy groups -OCH3 is 1. The number of sulfonamides is 1. The van der Waals surface area contributed by atoms with Crippen molar-refractivity contribution in [1.82, 2.24) is 20.8 Å². The Morgan fingerprint density at radius 1 is 1.37 bits per heavy atom. The van der Waals surface area contributed by atoms with E-state index in [-0.39, 0.29) is 17.3 Å². The van der Waals surface area contributed by atoms with E-state index in [9.17, 15) is 13.2 Å². The van der Waals surface area contributed by atoms with E-state index in [4.69, 9.17) is 9.47 Å². The van der Waals surface area contributed by atoms with Crippen molar-refractivity contribution in [2.45, 2.75) is 18.7 Å². The molecule has 0 unspecified atom stereocenters. The fourth-order valence-corrected chi connectivity index (χ4v) is 3.07. The third-order valence-corrected chi connectivity index (χ3v) is 4.55. The molecule has 2 amide bonds. The van der Waals surface area contributed by atoms with Gasteiger partial charge in [0.2, 0.25) is 5.88 Å². The molecule has 0 atom stereocenters. The number of para-hydroxylation sites is 1. The summed E-state index contributed by atoms with van der Waals surface area (Å²) >= 11 is 0. The number of nitrogens with zero attached hydrogens (tertiary/aromatic N) is 2. The number of ether oxygens (including phenoxy) is 2. The van der Waals surface area contributed by atoms with Crippen molar-refractivity contribution in [1.29, 1.82) is 0 Å². The number of carbonyl (C=O) groups excluding carboxylic acids is 1. The van der Waals surface area contributed by atoms with Crippen molar-refractivity contribution in [3.8, 4) is 5.75 Å². The lowest BCUT2D eigenvalue weighted by Crippen LogP contribution is -2.53. The molecule has 11 heteroatoms. The third kappa shape index (κ3) is 5.64. The van der Waals surface area contributed by atoms with Gasteiger partial charge >= 0.3 is 6.03 Å². The van der Waals surface area contributed by atoms with E-state index in [1.54, 1.807) is 31.2 Å². The molecule has 0 spiro atoms. The van der Waals surface area contributed by atoms with Gasteiger partial charge in [-0.25, -0.2) is 28.8 Å². The third-order valence-electron chi connectivity index (χ3n) is 3.18. The smallest absolute Gasteiger partial charge is 0.350 e. The molecule has 1 heterocycles. The van der Waals surface area contributed by atoms with Crippen LogP contribution in [0.4, 0.5) is 4.79 Å². The number of hydrazine groups is 2. The molecular formula is C16H21N5O5S. The first kappa shape index (κ1) is 20.1. The van der Waals surface area contributed by atoms with E-state index < -0.39 is 16.1 Å². The molecule has 1 aromatic rings. The minimum atomic E-state index is -4.17. The molecule has 10 nitrogen and oxygen atoms in total. The minimum absolute atomic E-state index is 0.130. The number of nitrogens with one attached hydrogen (secondary N) is 3. The molecule has 146 valence electrons. The van der Waals surface area contributed by atoms with Crippen LogP contribution in [-0.2, 0) is 14.8 Å². The normalized spacial score (nSPS) is 14.1. The van der Waals surface area contributed by atoms with Gasteiger partial charge in [0.25, 0.3) is 10.0 Å². The molecular weight excluding hydrogens is 374 g/mol. The SMILES string of the molecule is CC=CCOc1ccccc1S(=O)(=O)NC(=O)NN1N=C(C)C=C(OC)N1. The Morgan fingerprint density at radius 2 is 2.11 bits per heavy atom. The molecule has 0 bridgehead atoms. The van der Waals surface area contributed by atoms with Gasteiger partial charge in [0, 0.05) is 6.08 Å². The number of allylic oxidation sites excluding steroid dienone is 2. The van der Waals surface area contributed by atoms with Crippen LogP contribution in [0.25, 0.3) is 0 Å². The number of urea groups is 1. The fourth-order valence-electron chi connectivity index (χ4n) is 2.02. The van der Waals surface area contributed by atoms with Gasteiger partial charge in [0.15, 0.2) is 0 Å². The first-order valence-corrected chi connectivity index (χ1v) is 9.38. The van der Waals surface area contributed by atoms with E-state index >= 15 is 0 Å². The highest BCUT2D eigenvalue weighted by atomic mass is 32.2. The summed E-state index contributed by atoms with van der Waals surface area (Å²) in [5, 5.41) is 4.91. The zero-order chi connectivity index (χ0) is 19.9. The Hall–Kier alpha value is -3.21. The molecule has 0 saturated carbocycles. The molecule has 3 N–H and O–H groups in total. The Morgan fingerprint density at radius 3 is 2.81 bits per heavy atom. The van der Waals surface area contributed by atoms with Crippen LogP contribution < -0.4 is 20.3 Å². The van der Waals surface area contributed by atoms with E-state index in [0.29, 0.717) is 11.6 Å². The number of rotatable bonds is 7. The number of hydrogen-bond donors (Lipinski definition) is 3. The lowest BCUT2D eigenvalue weighted by molar-refractivity contribution is 0.0995. The van der Waals surface area contributed by atoms with E-state index in [1.165, 1.54) is 25.3 Å². The van der Waals surface area contributed by atoms with Gasteiger partial charge in [0.1, 0.15) is 17.3 Å². The van der Waals surface area contributed by atoms with Crippen LogP contribution >= 0.6 is 0 Å². The van der Waals surface area contributed by atoms with Gasteiger partial charge in [-0.05, 0) is 26.0 Å². The van der Waals surface area contributed by atoms with Crippen molar-refractivity contribution in [2.75, 3.05) is 13.7 Å². The maximum absolute atomic E-state index is 12.5. The summed E-state index contributed by atoms with van der Waals surface area (Å²) in [6.07, 6.45) is 5.11. The lowest BCUT2D eigenvalue weighted by atomic mass is 10.3. The summed E-state index contributed by atoms with van der Waals surface area (Å²) in [5.41, 5.74) is 5.40. The van der Waals surface area contributed by atoms with Gasteiger partial charge in [-0.2, -0.15) is 0 Å². The number of hydrogen-bond acceptors (Lipinski definition) is 8.